The first-order valence-electron chi connectivity index (χ1n) is 7.22. The first kappa shape index (κ1) is 19.5. The molecule has 6 nitrogen and oxygen atoms in total. The summed E-state index contributed by atoms with van der Waals surface area (Å²) in [4.78, 5) is 22.8. The van der Waals surface area contributed by atoms with Crippen LogP contribution in [0.5, 0.6) is 5.75 Å². The molecule has 0 unspecified atom stereocenters. The lowest BCUT2D eigenvalue weighted by Gasteiger charge is -2.07. The molecule has 8 heteroatoms. The van der Waals surface area contributed by atoms with Crippen molar-refractivity contribution in [2.45, 2.75) is 0 Å². The first-order valence-corrected chi connectivity index (χ1v) is 8.39. The Balaban J connectivity index is 2.15. The van der Waals surface area contributed by atoms with Gasteiger partial charge in [0.05, 0.1) is 4.47 Å². The van der Waals surface area contributed by atoms with Crippen molar-refractivity contribution in [2.24, 2.45) is 0 Å². The molecule has 0 saturated heterocycles. The molecule has 1 amide bonds. The van der Waals surface area contributed by atoms with Crippen LogP contribution in [0.4, 0.5) is 5.69 Å². The largest absolute Gasteiger partial charge is 0.481 e. The van der Waals surface area contributed by atoms with Crippen molar-refractivity contribution in [3.8, 4) is 11.8 Å². The van der Waals surface area contributed by atoms with Gasteiger partial charge in [-0.25, -0.2) is 4.79 Å². The standard InChI is InChI=1S/C18H12BrClN2O4/c19-15-8-11(1-6-16(15)26-10-17(23)24)7-12(9-21)18(25)22-14-4-2-13(20)3-5-14/h1-8H,10H2,(H,22,25)(H,23,24). The Morgan fingerprint density at radius 1 is 1.27 bits per heavy atom. The van der Waals surface area contributed by atoms with Gasteiger partial charge >= 0.3 is 5.97 Å². The lowest BCUT2D eigenvalue weighted by atomic mass is 10.1. The number of ether oxygens (including phenoxy) is 1. The molecule has 0 saturated carbocycles. The Morgan fingerprint density at radius 3 is 2.54 bits per heavy atom. The van der Waals surface area contributed by atoms with E-state index < -0.39 is 18.5 Å². The summed E-state index contributed by atoms with van der Waals surface area (Å²) in [5, 5.41) is 21.0. The number of nitrogens with one attached hydrogen (secondary N) is 1. The molecule has 26 heavy (non-hydrogen) atoms. The summed E-state index contributed by atoms with van der Waals surface area (Å²) < 4.78 is 5.60. The highest BCUT2D eigenvalue weighted by atomic mass is 79.9. The average molecular weight is 436 g/mol. The summed E-state index contributed by atoms with van der Waals surface area (Å²) in [7, 11) is 0. The summed E-state index contributed by atoms with van der Waals surface area (Å²) in [5.74, 6) is -1.31. The summed E-state index contributed by atoms with van der Waals surface area (Å²) in [6, 6.07) is 13.1. The number of carboxylic acids is 1. The van der Waals surface area contributed by atoms with Crippen molar-refractivity contribution < 1.29 is 19.4 Å². The van der Waals surface area contributed by atoms with E-state index in [1.54, 1.807) is 42.5 Å². The number of nitriles is 1. The second kappa shape index (κ2) is 9.04. The maximum absolute atomic E-state index is 12.2. The Morgan fingerprint density at radius 2 is 1.96 bits per heavy atom. The van der Waals surface area contributed by atoms with Gasteiger partial charge in [0.1, 0.15) is 17.4 Å². The van der Waals surface area contributed by atoms with Crippen molar-refractivity contribution in [3.05, 3.63) is 63.1 Å². The minimum atomic E-state index is -1.09. The SMILES string of the molecule is N#CC(=Cc1ccc(OCC(=O)O)c(Br)c1)C(=O)Nc1ccc(Cl)cc1. The molecule has 0 radical (unpaired) electrons. The Hall–Kier alpha value is -2.82. The molecule has 2 N–H and O–H groups in total. The van der Waals surface area contributed by atoms with Gasteiger partial charge in [-0.3, -0.25) is 4.79 Å². The minimum absolute atomic E-state index is 0.0916. The smallest absolute Gasteiger partial charge is 0.341 e. The zero-order chi connectivity index (χ0) is 19.1. The van der Waals surface area contributed by atoms with Gasteiger partial charge in [0.25, 0.3) is 5.91 Å². The molecule has 132 valence electrons. The molecule has 2 aromatic rings. The van der Waals surface area contributed by atoms with Gasteiger partial charge in [-0.2, -0.15) is 5.26 Å². The fourth-order valence-corrected chi connectivity index (χ4v) is 2.55. The number of hydrogen-bond acceptors (Lipinski definition) is 4. The molecule has 0 aliphatic rings. The van der Waals surface area contributed by atoms with Gasteiger partial charge in [-0.05, 0) is 64.0 Å². The van der Waals surface area contributed by atoms with Gasteiger partial charge < -0.3 is 15.2 Å². The average Bonchev–Trinajstić information content (AvgIpc) is 2.60. The quantitative estimate of drug-likeness (QED) is 0.525. The number of amides is 1. The number of aliphatic carboxylic acids is 1. The van der Waals surface area contributed by atoms with Gasteiger partial charge in [-0.15, -0.1) is 0 Å². The summed E-state index contributed by atoms with van der Waals surface area (Å²) in [6.45, 7) is -0.471. The topological polar surface area (TPSA) is 99.4 Å². The van der Waals surface area contributed by atoms with Gasteiger partial charge in [0, 0.05) is 10.7 Å². The Kier molecular flexibility index (Phi) is 6.78. The van der Waals surface area contributed by atoms with Crippen LogP contribution in [0, 0.1) is 11.3 Å². The number of benzene rings is 2. The molecule has 0 fully saturated rings. The van der Waals surface area contributed by atoms with E-state index in [2.05, 4.69) is 21.2 Å². The monoisotopic (exact) mass is 434 g/mol. The molecule has 0 bridgehead atoms. The molecule has 0 spiro atoms. The third-order valence-electron chi connectivity index (χ3n) is 3.09. The number of anilines is 1. The lowest BCUT2D eigenvalue weighted by Crippen LogP contribution is -2.13. The number of carboxylic acid groups (broad SMARTS) is 1. The maximum atomic E-state index is 12.2. The zero-order valence-corrected chi connectivity index (χ0v) is 15.5. The van der Waals surface area contributed by atoms with Crippen molar-refractivity contribution in [1.29, 1.82) is 5.26 Å². The van der Waals surface area contributed by atoms with Crippen molar-refractivity contribution in [3.63, 3.8) is 0 Å². The van der Waals surface area contributed by atoms with E-state index in [1.807, 2.05) is 6.07 Å². The number of hydrogen-bond donors (Lipinski definition) is 2. The van der Waals surface area contributed by atoms with Crippen LogP contribution in [-0.4, -0.2) is 23.6 Å². The van der Waals surface area contributed by atoms with E-state index in [1.165, 1.54) is 6.08 Å². The van der Waals surface area contributed by atoms with E-state index >= 15 is 0 Å². The zero-order valence-electron chi connectivity index (χ0n) is 13.2. The lowest BCUT2D eigenvalue weighted by molar-refractivity contribution is -0.139. The van der Waals surface area contributed by atoms with Crippen molar-refractivity contribution >= 4 is 51.2 Å². The minimum Gasteiger partial charge on any atom is -0.481 e. The fraction of sp³-hybridized carbons (Fsp3) is 0.0556. The van der Waals surface area contributed by atoms with E-state index in [9.17, 15) is 14.9 Å². The highest BCUT2D eigenvalue weighted by molar-refractivity contribution is 9.10. The molecular formula is C18H12BrClN2O4. The number of nitrogens with zero attached hydrogens (tertiary/aromatic N) is 1. The molecule has 0 aliphatic carbocycles. The van der Waals surface area contributed by atoms with Crippen LogP contribution in [0.3, 0.4) is 0 Å². The second-order valence-corrected chi connectivity index (χ2v) is 6.29. The van der Waals surface area contributed by atoms with Crippen molar-refractivity contribution in [2.75, 3.05) is 11.9 Å². The van der Waals surface area contributed by atoms with Crippen LogP contribution in [0.2, 0.25) is 5.02 Å². The Bertz CT molecular complexity index is 904. The third kappa shape index (κ3) is 5.62. The van der Waals surface area contributed by atoms with Gasteiger partial charge in [0.15, 0.2) is 6.61 Å². The number of halogens is 2. The summed E-state index contributed by atoms with van der Waals surface area (Å²) in [5.41, 5.74) is 0.993. The van der Waals surface area contributed by atoms with E-state index in [0.717, 1.165) is 0 Å². The fourth-order valence-electron chi connectivity index (χ4n) is 1.91. The molecule has 0 heterocycles. The number of carbonyl (C=O) groups is 2. The van der Waals surface area contributed by atoms with Gasteiger partial charge in [-0.1, -0.05) is 17.7 Å². The van der Waals surface area contributed by atoms with E-state index in [0.29, 0.717) is 26.5 Å². The second-order valence-electron chi connectivity index (χ2n) is 5.00. The molecule has 0 aliphatic heterocycles. The van der Waals surface area contributed by atoms with E-state index in [-0.39, 0.29) is 5.57 Å². The van der Waals surface area contributed by atoms with Crippen molar-refractivity contribution in [1.82, 2.24) is 0 Å². The van der Waals surface area contributed by atoms with Crippen LogP contribution in [-0.2, 0) is 9.59 Å². The van der Waals surface area contributed by atoms with Crippen LogP contribution >= 0.6 is 27.5 Å². The predicted molar refractivity (Wildman–Crippen MR) is 101 cm³/mol. The van der Waals surface area contributed by atoms with Gasteiger partial charge in [0.2, 0.25) is 0 Å². The van der Waals surface area contributed by atoms with Crippen LogP contribution in [0.1, 0.15) is 5.56 Å². The normalized spacial score (nSPS) is 10.7. The number of carbonyl (C=O) groups excluding carboxylic acids is 1. The highest BCUT2D eigenvalue weighted by Crippen LogP contribution is 2.27. The Labute approximate surface area is 162 Å². The molecule has 0 aromatic heterocycles. The predicted octanol–water partition coefficient (Wildman–Crippen LogP) is 4.11. The summed E-state index contributed by atoms with van der Waals surface area (Å²) >= 11 is 9.05. The molecule has 0 atom stereocenters. The van der Waals surface area contributed by atoms with E-state index in [4.69, 9.17) is 21.4 Å². The van der Waals surface area contributed by atoms with Crippen LogP contribution in [0.15, 0.2) is 52.5 Å². The number of rotatable bonds is 6. The summed E-state index contributed by atoms with van der Waals surface area (Å²) in [6.07, 6.45) is 1.41. The maximum Gasteiger partial charge on any atom is 0.341 e. The van der Waals surface area contributed by atoms with Crippen LogP contribution in [0.25, 0.3) is 6.08 Å². The molecular weight excluding hydrogens is 424 g/mol. The van der Waals surface area contributed by atoms with Crippen LogP contribution < -0.4 is 10.1 Å². The molecule has 2 aromatic carbocycles. The first-order chi connectivity index (χ1) is 12.4. The highest BCUT2D eigenvalue weighted by Gasteiger charge is 2.11. The third-order valence-corrected chi connectivity index (χ3v) is 3.96. The molecule has 2 rings (SSSR count).